The Morgan fingerprint density at radius 2 is 1.78 bits per heavy atom. The molecule has 1 aromatic rings. The van der Waals surface area contributed by atoms with Crippen molar-refractivity contribution in [2.45, 2.75) is 27.3 Å². The molecule has 27 heavy (non-hydrogen) atoms. The summed E-state index contributed by atoms with van der Waals surface area (Å²) >= 11 is 0. The van der Waals surface area contributed by atoms with Crippen LogP contribution in [-0.2, 0) is 11.3 Å². The zero-order valence-electron chi connectivity index (χ0n) is 17.4. The van der Waals surface area contributed by atoms with Gasteiger partial charge >= 0.3 is 0 Å². The summed E-state index contributed by atoms with van der Waals surface area (Å²) in [6.45, 7) is 7.44. The van der Waals surface area contributed by atoms with Crippen LogP contribution in [0.25, 0.3) is 0 Å². The van der Waals surface area contributed by atoms with E-state index >= 15 is 0 Å². The van der Waals surface area contributed by atoms with Crippen molar-refractivity contribution in [3.8, 4) is 11.5 Å². The Kier molecular flexibility index (Phi) is 11.1. The van der Waals surface area contributed by atoms with E-state index < -0.39 is 0 Å². The highest BCUT2D eigenvalue weighted by molar-refractivity contribution is 14.0. The molecule has 1 amide bonds. The molecule has 0 unspecified atom stereocenters. The van der Waals surface area contributed by atoms with Crippen molar-refractivity contribution in [1.82, 2.24) is 15.5 Å². The summed E-state index contributed by atoms with van der Waals surface area (Å²) in [4.78, 5) is 18.2. The van der Waals surface area contributed by atoms with Gasteiger partial charge in [-0.2, -0.15) is 0 Å². The van der Waals surface area contributed by atoms with Crippen molar-refractivity contribution in [1.29, 1.82) is 0 Å². The van der Waals surface area contributed by atoms with E-state index in [1.54, 1.807) is 21.3 Å². The van der Waals surface area contributed by atoms with Crippen LogP contribution in [0.1, 0.15) is 26.3 Å². The predicted molar refractivity (Wildman–Crippen MR) is 120 cm³/mol. The van der Waals surface area contributed by atoms with E-state index in [1.807, 2.05) is 50.9 Å². The molecule has 0 aliphatic heterocycles. The number of rotatable bonds is 7. The second-order valence-corrected chi connectivity index (χ2v) is 7.01. The van der Waals surface area contributed by atoms with Crippen LogP contribution in [-0.4, -0.2) is 58.2 Å². The zero-order chi connectivity index (χ0) is 19.7. The molecule has 1 aromatic carbocycles. The summed E-state index contributed by atoms with van der Waals surface area (Å²) in [6, 6.07) is 5.75. The smallest absolute Gasteiger partial charge is 0.225 e. The minimum absolute atomic E-state index is 0. The third-order valence-electron chi connectivity index (χ3n) is 3.85. The Morgan fingerprint density at radius 1 is 1.15 bits per heavy atom. The van der Waals surface area contributed by atoms with Gasteiger partial charge in [0, 0.05) is 50.8 Å². The number of benzene rings is 1. The highest BCUT2D eigenvalue weighted by atomic mass is 127. The van der Waals surface area contributed by atoms with Crippen LogP contribution < -0.4 is 20.1 Å². The highest BCUT2D eigenvalue weighted by Crippen LogP contribution is 2.25. The monoisotopic (exact) mass is 492 g/mol. The second-order valence-electron chi connectivity index (χ2n) is 7.01. The van der Waals surface area contributed by atoms with Gasteiger partial charge in [0.15, 0.2) is 5.96 Å². The van der Waals surface area contributed by atoms with Crippen molar-refractivity contribution in [2.75, 3.05) is 41.4 Å². The van der Waals surface area contributed by atoms with Crippen molar-refractivity contribution in [3.05, 3.63) is 23.8 Å². The molecular formula is C19H33IN4O3. The average molecular weight is 492 g/mol. The number of ether oxygens (including phenoxy) is 2. The normalized spacial score (nSPS) is 11.3. The van der Waals surface area contributed by atoms with Gasteiger partial charge in [-0.15, -0.1) is 24.0 Å². The largest absolute Gasteiger partial charge is 0.497 e. The van der Waals surface area contributed by atoms with Crippen molar-refractivity contribution < 1.29 is 14.3 Å². The predicted octanol–water partition coefficient (Wildman–Crippen LogP) is 2.49. The van der Waals surface area contributed by atoms with Crippen LogP contribution in [0.2, 0.25) is 0 Å². The van der Waals surface area contributed by atoms with Crippen molar-refractivity contribution in [3.63, 3.8) is 0 Å². The van der Waals surface area contributed by atoms with Crippen molar-refractivity contribution >= 4 is 35.8 Å². The minimum atomic E-state index is -0.386. The number of carbonyl (C=O) groups excluding carboxylic acids is 1. The fraction of sp³-hybridized carbons (Fsp3) is 0.579. The summed E-state index contributed by atoms with van der Waals surface area (Å²) in [5.41, 5.74) is 0.642. The lowest BCUT2D eigenvalue weighted by atomic mass is 9.96. The van der Waals surface area contributed by atoms with Gasteiger partial charge in [-0.1, -0.05) is 20.8 Å². The summed E-state index contributed by atoms with van der Waals surface area (Å²) in [5, 5.41) is 6.16. The Labute approximate surface area is 179 Å². The molecule has 0 saturated carbocycles. The molecule has 0 saturated heterocycles. The molecule has 0 aliphatic carbocycles. The number of carbonyl (C=O) groups is 1. The lowest BCUT2D eigenvalue weighted by molar-refractivity contribution is -0.128. The number of aliphatic imine (C=N–C) groups is 1. The molecular weight excluding hydrogens is 459 g/mol. The fourth-order valence-corrected chi connectivity index (χ4v) is 2.31. The molecule has 0 heterocycles. The molecule has 154 valence electrons. The molecule has 7 nitrogen and oxygen atoms in total. The molecule has 0 aliphatic rings. The van der Waals surface area contributed by atoms with E-state index in [2.05, 4.69) is 15.6 Å². The van der Waals surface area contributed by atoms with E-state index in [0.717, 1.165) is 23.0 Å². The number of hydrogen-bond donors (Lipinski definition) is 2. The minimum Gasteiger partial charge on any atom is -0.497 e. The number of guanidine groups is 1. The lowest BCUT2D eigenvalue weighted by Crippen LogP contribution is -2.43. The van der Waals surface area contributed by atoms with Gasteiger partial charge in [-0.25, -0.2) is 0 Å². The van der Waals surface area contributed by atoms with Gasteiger partial charge in [0.2, 0.25) is 5.91 Å². The van der Waals surface area contributed by atoms with E-state index in [4.69, 9.17) is 9.47 Å². The molecule has 8 heteroatoms. The van der Waals surface area contributed by atoms with Gasteiger partial charge in [0.05, 0.1) is 14.2 Å². The SMILES string of the molecule is CN=C(NCCNC(=O)C(C)(C)C)N(C)Cc1ccc(OC)cc1OC.I. The molecule has 2 N–H and O–H groups in total. The average Bonchev–Trinajstić information content (AvgIpc) is 2.60. The van der Waals surface area contributed by atoms with Gasteiger partial charge in [0.25, 0.3) is 0 Å². The van der Waals surface area contributed by atoms with Gasteiger partial charge in [0.1, 0.15) is 11.5 Å². The maximum atomic E-state index is 11.9. The third kappa shape index (κ3) is 8.23. The summed E-state index contributed by atoms with van der Waals surface area (Å²) < 4.78 is 10.7. The van der Waals surface area contributed by atoms with Crippen LogP contribution in [0.5, 0.6) is 11.5 Å². The number of methoxy groups -OCH3 is 2. The first-order chi connectivity index (χ1) is 12.2. The van der Waals surface area contributed by atoms with Crippen LogP contribution >= 0.6 is 24.0 Å². The van der Waals surface area contributed by atoms with Crippen LogP contribution in [0, 0.1) is 5.41 Å². The lowest BCUT2D eigenvalue weighted by Gasteiger charge is -2.24. The fourth-order valence-electron chi connectivity index (χ4n) is 2.31. The molecule has 0 fully saturated rings. The summed E-state index contributed by atoms with van der Waals surface area (Å²) in [6.07, 6.45) is 0. The maximum absolute atomic E-state index is 11.9. The van der Waals surface area contributed by atoms with Crippen LogP contribution in [0.3, 0.4) is 0 Å². The number of nitrogens with one attached hydrogen (secondary N) is 2. The summed E-state index contributed by atoms with van der Waals surface area (Å²) in [5.74, 6) is 2.30. The first kappa shape index (κ1) is 25.3. The van der Waals surface area contributed by atoms with Gasteiger partial charge in [-0.3, -0.25) is 9.79 Å². The zero-order valence-corrected chi connectivity index (χ0v) is 19.7. The maximum Gasteiger partial charge on any atom is 0.225 e. The first-order valence-corrected chi connectivity index (χ1v) is 8.64. The number of amides is 1. The van der Waals surface area contributed by atoms with E-state index in [9.17, 15) is 4.79 Å². The van der Waals surface area contributed by atoms with E-state index in [-0.39, 0.29) is 35.3 Å². The van der Waals surface area contributed by atoms with Gasteiger partial charge < -0.3 is 25.0 Å². The second kappa shape index (κ2) is 11.9. The summed E-state index contributed by atoms with van der Waals surface area (Å²) in [7, 11) is 6.96. The molecule has 0 spiro atoms. The van der Waals surface area contributed by atoms with Crippen LogP contribution in [0.15, 0.2) is 23.2 Å². The quantitative estimate of drug-likeness (QED) is 0.265. The Morgan fingerprint density at radius 3 is 2.30 bits per heavy atom. The molecule has 1 rings (SSSR count). The molecule has 0 aromatic heterocycles. The number of halogens is 1. The van der Waals surface area contributed by atoms with Gasteiger partial charge in [-0.05, 0) is 12.1 Å². The number of nitrogens with zero attached hydrogens (tertiary/aromatic N) is 2. The highest BCUT2D eigenvalue weighted by Gasteiger charge is 2.20. The Bertz CT molecular complexity index is 630. The molecule has 0 atom stereocenters. The number of hydrogen-bond acceptors (Lipinski definition) is 4. The molecule has 0 bridgehead atoms. The standard InChI is InChI=1S/C19H32N4O3.HI/c1-19(2,3)17(24)21-10-11-22-18(20-4)23(5)13-14-8-9-15(25-6)12-16(14)26-7;/h8-9,12H,10-11,13H2,1-7H3,(H,20,22)(H,21,24);1H. The van der Waals surface area contributed by atoms with E-state index in [0.29, 0.717) is 19.6 Å². The Balaban J connectivity index is 0.00000676. The van der Waals surface area contributed by atoms with Crippen molar-refractivity contribution in [2.24, 2.45) is 10.4 Å². The third-order valence-corrected chi connectivity index (χ3v) is 3.85. The van der Waals surface area contributed by atoms with E-state index in [1.165, 1.54) is 0 Å². The first-order valence-electron chi connectivity index (χ1n) is 8.64. The van der Waals surface area contributed by atoms with Crippen LogP contribution in [0.4, 0.5) is 0 Å². The Hall–Kier alpha value is -1.71. The molecule has 0 radical (unpaired) electrons. The topological polar surface area (TPSA) is 75.2 Å².